The fourth-order valence-corrected chi connectivity index (χ4v) is 2.37. The number of aryl methyl sites for hydroxylation is 1. The normalized spacial score (nSPS) is 11.0. The van der Waals surface area contributed by atoms with Gasteiger partial charge in [-0.05, 0) is 24.0 Å². The van der Waals surface area contributed by atoms with Crippen LogP contribution in [0.4, 0.5) is 0 Å². The summed E-state index contributed by atoms with van der Waals surface area (Å²) < 4.78 is 3.37. The second kappa shape index (κ2) is 4.87. The molecule has 0 bridgehead atoms. The highest BCUT2D eigenvalue weighted by Crippen LogP contribution is 2.17. The van der Waals surface area contributed by atoms with Crippen molar-refractivity contribution in [3.8, 4) is 5.82 Å². The van der Waals surface area contributed by atoms with E-state index in [1.165, 1.54) is 0 Å². The van der Waals surface area contributed by atoms with Crippen LogP contribution in [0.1, 0.15) is 12.6 Å². The molecule has 0 saturated carbocycles. The number of hydrogen-bond acceptors (Lipinski definition) is 4. The molecule has 2 heterocycles. The van der Waals surface area contributed by atoms with Crippen molar-refractivity contribution in [2.75, 3.05) is 0 Å². The average Bonchev–Trinajstić information content (AvgIpc) is 3.00. The Kier molecular flexibility index (Phi) is 3.15. The smallest absolute Gasteiger partial charge is 0.423 e. The number of rotatable bonds is 3. The number of aromatic nitrogens is 4. The van der Waals surface area contributed by atoms with Gasteiger partial charge >= 0.3 is 7.12 Å². The van der Waals surface area contributed by atoms with Gasteiger partial charge in [0.2, 0.25) is 0 Å². The molecule has 3 rings (SSSR count). The number of allylic oxidation sites excluding steroid dienone is 1. The molecule has 0 aliphatic rings. The van der Waals surface area contributed by atoms with Crippen molar-refractivity contribution in [1.29, 1.82) is 0 Å². The first-order valence-corrected chi connectivity index (χ1v) is 6.52. The van der Waals surface area contributed by atoms with Crippen molar-refractivity contribution in [2.45, 2.75) is 6.92 Å². The molecular formula is C14H15BN4O2. The van der Waals surface area contributed by atoms with Crippen LogP contribution in [0.3, 0.4) is 0 Å². The van der Waals surface area contributed by atoms with Gasteiger partial charge in [-0.1, -0.05) is 18.7 Å². The summed E-state index contributed by atoms with van der Waals surface area (Å²) in [5.74, 6) is 0.657. The van der Waals surface area contributed by atoms with E-state index in [1.807, 2.05) is 26.1 Å². The lowest BCUT2D eigenvalue weighted by Gasteiger charge is -1.98. The van der Waals surface area contributed by atoms with Crippen LogP contribution in [-0.4, -0.2) is 36.7 Å². The Bertz CT molecular complexity index is 835. The maximum atomic E-state index is 9.41. The van der Waals surface area contributed by atoms with E-state index >= 15 is 0 Å². The topological polar surface area (TPSA) is 76.1 Å². The fraction of sp³-hybridized carbons (Fsp3) is 0.143. The molecule has 7 heteroatoms. The molecule has 106 valence electrons. The third-order valence-corrected chi connectivity index (χ3v) is 3.40. The fourth-order valence-electron chi connectivity index (χ4n) is 2.37. The van der Waals surface area contributed by atoms with Crippen LogP contribution in [0.25, 0.3) is 22.3 Å². The highest BCUT2D eigenvalue weighted by atomic mass is 16.4. The maximum Gasteiger partial charge on any atom is 0.489 e. The van der Waals surface area contributed by atoms with Crippen LogP contribution in [0.15, 0.2) is 37.0 Å². The number of nitrogens with zero attached hydrogens (tertiary/aromatic N) is 4. The summed E-state index contributed by atoms with van der Waals surface area (Å²) in [5.41, 5.74) is 2.95. The Balaban J connectivity index is 2.15. The summed E-state index contributed by atoms with van der Waals surface area (Å²) in [6.45, 7) is 5.83. The zero-order valence-corrected chi connectivity index (χ0v) is 11.9. The van der Waals surface area contributed by atoms with Crippen LogP contribution < -0.4 is 5.46 Å². The highest BCUT2D eigenvalue weighted by molar-refractivity contribution is 6.61. The molecule has 1 aromatic carbocycles. The maximum absolute atomic E-state index is 9.41. The van der Waals surface area contributed by atoms with Crippen LogP contribution in [0, 0.1) is 0 Å². The predicted molar refractivity (Wildman–Crippen MR) is 82.4 cm³/mol. The molecule has 2 N–H and O–H groups in total. The van der Waals surface area contributed by atoms with Crippen LogP contribution in [-0.2, 0) is 7.05 Å². The lowest BCUT2D eigenvalue weighted by atomic mass is 9.78. The molecule has 0 aliphatic heterocycles. The second-order valence-electron chi connectivity index (χ2n) is 5.02. The Morgan fingerprint density at radius 1 is 1.29 bits per heavy atom. The van der Waals surface area contributed by atoms with Crippen LogP contribution in [0.2, 0.25) is 0 Å². The van der Waals surface area contributed by atoms with E-state index < -0.39 is 7.12 Å². The zero-order chi connectivity index (χ0) is 15.1. The van der Waals surface area contributed by atoms with Gasteiger partial charge in [-0.25, -0.2) is 4.68 Å². The largest absolute Gasteiger partial charge is 0.489 e. The standard InChI is InChI=1S/C14H15BN4O2/c1-9(2)13-7-14(17-18(13)3)19-8-10-11(15(20)21)5-4-6-12(10)16-19/h4-8,20-21H,1H2,2-3H3. The lowest BCUT2D eigenvalue weighted by molar-refractivity contribution is 0.426. The third kappa shape index (κ3) is 2.26. The average molecular weight is 282 g/mol. The summed E-state index contributed by atoms with van der Waals surface area (Å²) >= 11 is 0. The van der Waals surface area contributed by atoms with Gasteiger partial charge < -0.3 is 10.0 Å². The molecule has 0 amide bonds. The van der Waals surface area contributed by atoms with E-state index in [0.29, 0.717) is 22.2 Å². The van der Waals surface area contributed by atoms with E-state index in [1.54, 1.807) is 27.7 Å². The molecule has 3 aromatic rings. The van der Waals surface area contributed by atoms with Crippen LogP contribution in [0.5, 0.6) is 0 Å². The second-order valence-corrected chi connectivity index (χ2v) is 5.02. The number of fused-ring (bicyclic) bond motifs is 1. The predicted octanol–water partition coefficient (Wildman–Crippen LogP) is 0.472. The Morgan fingerprint density at radius 3 is 2.67 bits per heavy atom. The van der Waals surface area contributed by atoms with E-state index in [0.717, 1.165) is 11.3 Å². The Morgan fingerprint density at radius 2 is 2.05 bits per heavy atom. The summed E-state index contributed by atoms with van der Waals surface area (Å²) in [4.78, 5) is 0. The van der Waals surface area contributed by atoms with Crippen LogP contribution >= 0.6 is 0 Å². The molecule has 0 unspecified atom stereocenters. The minimum Gasteiger partial charge on any atom is -0.423 e. The van der Waals surface area contributed by atoms with Crippen molar-refractivity contribution < 1.29 is 10.0 Å². The van der Waals surface area contributed by atoms with Gasteiger partial charge in [-0.2, -0.15) is 10.2 Å². The van der Waals surface area contributed by atoms with E-state index in [4.69, 9.17) is 0 Å². The van der Waals surface area contributed by atoms with Gasteiger partial charge in [0.25, 0.3) is 0 Å². The zero-order valence-electron chi connectivity index (χ0n) is 11.9. The Labute approximate surface area is 122 Å². The molecule has 0 saturated heterocycles. The minimum absolute atomic E-state index is 0.426. The highest BCUT2D eigenvalue weighted by Gasteiger charge is 2.17. The first kappa shape index (κ1) is 13.6. The molecule has 21 heavy (non-hydrogen) atoms. The first-order valence-electron chi connectivity index (χ1n) is 6.52. The summed E-state index contributed by atoms with van der Waals surface area (Å²) in [6, 6.07) is 7.12. The molecular weight excluding hydrogens is 267 g/mol. The third-order valence-electron chi connectivity index (χ3n) is 3.40. The van der Waals surface area contributed by atoms with Gasteiger partial charge in [0.1, 0.15) is 0 Å². The minimum atomic E-state index is -1.53. The SMILES string of the molecule is C=C(C)c1cc(-n2cc3c(B(O)O)cccc3n2)nn1C. The monoisotopic (exact) mass is 282 g/mol. The molecule has 0 aliphatic carbocycles. The van der Waals surface area contributed by atoms with E-state index in [2.05, 4.69) is 16.8 Å². The van der Waals surface area contributed by atoms with Gasteiger partial charge in [-0.3, -0.25) is 4.68 Å². The van der Waals surface area contributed by atoms with Gasteiger partial charge in [0.15, 0.2) is 5.82 Å². The molecule has 0 radical (unpaired) electrons. The molecule has 0 fully saturated rings. The van der Waals surface area contributed by atoms with Gasteiger partial charge in [-0.15, -0.1) is 0 Å². The van der Waals surface area contributed by atoms with E-state index in [-0.39, 0.29) is 0 Å². The molecule has 0 atom stereocenters. The van der Waals surface area contributed by atoms with Crippen molar-refractivity contribution in [3.63, 3.8) is 0 Å². The van der Waals surface area contributed by atoms with Crippen molar-refractivity contribution in [1.82, 2.24) is 19.6 Å². The van der Waals surface area contributed by atoms with Gasteiger partial charge in [0, 0.05) is 24.7 Å². The lowest BCUT2D eigenvalue weighted by Crippen LogP contribution is -2.30. The first-order chi connectivity index (χ1) is 9.97. The number of hydrogen-bond donors (Lipinski definition) is 2. The van der Waals surface area contributed by atoms with E-state index in [9.17, 15) is 10.0 Å². The summed E-state index contributed by atoms with van der Waals surface area (Å²) in [7, 11) is 0.320. The molecule has 0 spiro atoms. The van der Waals surface area contributed by atoms with Crippen molar-refractivity contribution in [2.24, 2.45) is 7.05 Å². The Hall–Kier alpha value is -2.38. The molecule has 2 aromatic heterocycles. The molecule has 6 nitrogen and oxygen atoms in total. The quantitative estimate of drug-likeness (QED) is 0.685. The van der Waals surface area contributed by atoms with Crippen molar-refractivity contribution in [3.05, 3.63) is 42.7 Å². The van der Waals surface area contributed by atoms with Gasteiger partial charge in [0.05, 0.1) is 11.2 Å². The summed E-state index contributed by atoms with van der Waals surface area (Å²) in [6.07, 6.45) is 1.74. The summed E-state index contributed by atoms with van der Waals surface area (Å²) in [5, 5.41) is 28.3. The van der Waals surface area contributed by atoms with Crippen molar-refractivity contribution >= 4 is 29.1 Å². The number of benzene rings is 1.